The molecule has 21 heavy (non-hydrogen) atoms. The molecule has 2 aliphatic rings. The van der Waals surface area contributed by atoms with Crippen LogP contribution < -0.4 is 14.8 Å². The molecule has 0 bridgehead atoms. The van der Waals surface area contributed by atoms with Crippen molar-refractivity contribution in [2.75, 3.05) is 24.8 Å². The van der Waals surface area contributed by atoms with Crippen LogP contribution >= 0.6 is 0 Å². The Bertz CT molecular complexity index is 616. The first kappa shape index (κ1) is 14.6. The topological polar surface area (TPSA) is 84.9 Å². The number of nitrogens with one attached hydrogen (secondary N) is 1. The van der Waals surface area contributed by atoms with Gasteiger partial charge in [0, 0.05) is 12.6 Å². The van der Waals surface area contributed by atoms with Crippen molar-refractivity contribution in [1.82, 2.24) is 5.32 Å². The summed E-state index contributed by atoms with van der Waals surface area (Å²) in [4.78, 5) is 0. The number of fused-ring (bicyclic) bond motifs is 1. The van der Waals surface area contributed by atoms with E-state index in [1.807, 2.05) is 0 Å². The van der Waals surface area contributed by atoms with Crippen LogP contribution in [0.15, 0.2) is 18.2 Å². The Hall–Kier alpha value is -1.31. The molecule has 2 aliphatic heterocycles. The van der Waals surface area contributed by atoms with Crippen LogP contribution in [0.5, 0.6) is 11.5 Å². The molecule has 0 amide bonds. The van der Waals surface area contributed by atoms with E-state index in [4.69, 9.17) is 9.47 Å². The minimum atomic E-state index is -2.93. The number of hydrogen-bond acceptors (Lipinski definition) is 6. The fourth-order valence-electron chi connectivity index (χ4n) is 2.70. The van der Waals surface area contributed by atoms with Gasteiger partial charge in [-0.05, 0) is 30.5 Å². The summed E-state index contributed by atoms with van der Waals surface area (Å²) in [6.07, 6.45) is 0.803. The molecule has 1 fully saturated rings. The van der Waals surface area contributed by atoms with E-state index in [1.54, 1.807) is 18.2 Å². The largest absolute Gasteiger partial charge is 0.454 e. The van der Waals surface area contributed by atoms with Crippen molar-refractivity contribution in [2.45, 2.75) is 25.0 Å². The summed E-state index contributed by atoms with van der Waals surface area (Å²) < 4.78 is 33.6. The summed E-state index contributed by atoms with van der Waals surface area (Å²) in [6, 6.07) is 5.24. The monoisotopic (exact) mass is 313 g/mol. The van der Waals surface area contributed by atoms with Crippen molar-refractivity contribution in [3.05, 3.63) is 23.8 Å². The van der Waals surface area contributed by atoms with Gasteiger partial charge >= 0.3 is 0 Å². The van der Waals surface area contributed by atoms with Gasteiger partial charge in [-0.2, -0.15) is 0 Å². The lowest BCUT2D eigenvalue weighted by Crippen LogP contribution is -2.41. The van der Waals surface area contributed by atoms with E-state index in [2.05, 4.69) is 5.32 Å². The standard InChI is InChI=1S/C14H19NO5S/c16-12(7-15-11-2-1-5-21(17,18)8-11)10-3-4-13-14(6-10)20-9-19-13/h3-4,6,11-12,15-16H,1-2,5,7-9H2. The summed E-state index contributed by atoms with van der Waals surface area (Å²) in [6.45, 7) is 0.521. The molecule has 2 heterocycles. The van der Waals surface area contributed by atoms with Crippen LogP contribution in [0.3, 0.4) is 0 Å². The van der Waals surface area contributed by atoms with Gasteiger partial charge in [0.2, 0.25) is 6.79 Å². The van der Waals surface area contributed by atoms with E-state index in [9.17, 15) is 13.5 Å². The summed E-state index contributed by atoms with van der Waals surface area (Å²) in [5.74, 6) is 1.74. The number of hydrogen-bond donors (Lipinski definition) is 2. The molecule has 116 valence electrons. The normalized spacial score (nSPS) is 24.7. The third-order valence-electron chi connectivity index (χ3n) is 3.84. The van der Waals surface area contributed by atoms with Crippen LogP contribution in [0.1, 0.15) is 24.5 Å². The van der Waals surface area contributed by atoms with E-state index in [0.717, 1.165) is 12.0 Å². The summed E-state index contributed by atoms with van der Waals surface area (Å²) in [7, 11) is -2.93. The van der Waals surface area contributed by atoms with Gasteiger partial charge in [-0.25, -0.2) is 8.42 Å². The zero-order chi connectivity index (χ0) is 14.9. The van der Waals surface area contributed by atoms with Crippen LogP contribution in [-0.2, 0) is 9.84 Å². The molecule has 1 aromatic rings. The maximum atomic E-state index is 11.6. The average molecular weight is 313 g/mol. The Balaban J connectivity index is 1.58. The van der Waals surface area contributed by atoms with Gasteiger partial charge in [-0.15, -0.1) is 0 Å². The molecule has 2 unspecified atom stereocenters. The van der Waals surface area contributed by atoms with Crippen molar-refractivity contribution in [2.24, 2.45) is 0 Å². The molecule has 7 heteroatoms. The zero-order valence-corrected chi connectivity index (χ0v) is 12.4. The number of aliphatic hydroxyl groups is 1. The van der Waals surface area contributed by atoms with Crippen molar-refractivity contribution >= 4 is 9.84 Å². The van der Waals surface area contributed by atoms with Crippen LogP contribution in [0.25, 0.3) is 0 Å². The smallest absolute Gasteiger partial charge is 0.231 e. The minimum absolute atomic E-state index is 0.0765. The maximum Gasteiger partial charge on any atom is 0.231 e. The van der Waals surface area contributed by atoms with E-state index in [0.29, 0.717) is 24.5 Å². The predicted octanol–water partition coefficient (Wildman–Crippen LogP) is 0.615. The number of rotatable bonds is 4. The van der Waals surface area contributed by atoms with Gasteiger partial charge in [0.05, 0.1) is 17.6 Å². The van der Waals surface area contributed by atoms with E-state index in [-0.39, 0.29) is 24.3 Å². The van der Waals surface area contributed by atoms with E-state index in [1.165, 1.54) is 0 Å². The van der Waals surface area contributed by atoms with Crippen molar-refractivity contribution in [3.63, 3.8) is 0 Å². The zero-order valence-electron chi connectivity index (χ0n) is 11.6. The molecule has 0 saturated carbocycles. The summed E-state index contributed by atoms with van der Waals surface area (Å²) in [5, 5.41) is 13.3. The molecule has 1 aromatic carbocycles. The Morgan fingerprint density at radius 2 is 2.14 bits per heavy atom. The highest BCUT2D eigenvalue weighted by atomic mass is 32.2. The van der Waals surface area contributed by atoms with Crippen molar-refractivity contribution in [3.8, 4) is 11.5 Å². The summed E-state index contributed by atoms with van der Waals surface area (Å²) in [5.41, 5.74) is 0.727. The molecule has 0 aliphatic carbocycles. The second-order valence-electron chi connectivity index (χ2n) is 5.49. The SMILES string of the molecule is O=S1(=O)CCCC(NCC(O)c2ccc3c(c2)OCO3)C1. The first-order valence-electron chi connectivity index (χ1n) is 7.05. The number of sulfone groups is 1. The maximum absolute atomic E-state index is 11.6. The van der Waals surface area contributed by atoms with Gasteiger partial charge in [0.1, 0.15) is 0 Å². The van der Waals surface area contributed by atoms with Crippen molar-refractivity contribution in [1.29, 1.82) is 0 Å². The molecular weight excluding hydrogens is 294 g/mol. The lowest BCUT2D eigenvalue weighted by atomic mass is 10.1. The Kier molecular flexibility index (Phi) is 4.05. The molecule has 1 saturated heterocycles. The molecule has 3 rings (SSSR count). The fraction of sp³-hybridized carbons (Fsp3) is 0.571. The van der Waals surface area contributed by atoms with Crippen LogP contribution in [-0.4, -0.2) is 44.4 Å². The molecule has 0 aromatic heterocycles. The van der Waals surface area contributed by atoms with Crippen LogP contribution in [0.4, 0.5) is 0 Å². The molecule has 2 N–H and O–H groups in total. The third-order valence-corrected chi connectivity index (χ3v) is 5.67. The van der Waals surface area contributed by atoms with E-state index >= 15 is 0 Å². The van der Waals surface area contributed by atoms with Crippen molar-refractivity contribution < 1.29 is 23.0 Å². The van der Waals surface area contributed by atoms with Gasteiger partial charge in [-0.1, -0.05) is 6.07 Å². The van der Waals surface area contributed by atoms with E-state index < -0.39 is 15.9 Å². The van der Waals surface area contributed by atoms with Gasteiger partial charge in [-0.3, -0.25) is 0 Å². The highest BCUT2D eigenvalue weighted by molar-refractivity contribution is 7.91. The van der Waals surface area contributed by atoms with Gasteiger partial charge in [0.15, 0.2) is 21.3 Å². The average Bonchev–Trinajstić information content (AvgIpc) is 2.91. The Morgan fingerprint density at radius 1 is 1.33 bits per heavy atom. The Morgan fingerprint density at radius 3 is 2.95 bits per heavy atom. The molecular formula is C14H19NO5S. The van der Waals surface area contributed by atoms with Crippen LogP contribution in [0, 0.1) is 0 Å². The van der Waals surface area contributed by atoms with Gasteiger partial charge < -0.3 is 19.9 Å². The second kappa shape index (κ2) is 5.82. The fourth-order valence-corrected chi connectivity index (χ4v) is 4.37. The first-order chi connectivity index (χ1) is 10.0. The quantitative estimate of drug-likeness (QED) is 0.847. The summed E-state index contributed by atoms with van der Waals surface area (Å²) >= 11 is 0. The number of benzene rings is 1. The second-order valence-corrected chi connectivity index (χ2v) is 7.72. The first-order valence-corrected chi connectivity index (χ1v) is 8.87. The molecule has 0 radical (unpaired) electrons. The molecule has 2 atom stereocenters. The highest BCUT2D eigenvalue weighted by Crippen LogP contribution is 2.34. The number of ether oxygens (including phenoxy) is 2. The van der Waals surface area contributed by atoms with Gasteiger partial charge in [0.25, 0.3) is 0 Å². The number of aliphatic hydroxyl groups excluding tert-OH is 1. The highest BCUT2D eigenvalue weighted by Gasteiger charge is 2.25. The molecule has 6 nitrogen and oxygen atoms in total. The predicted molar refractivity (Wildman–Crippen MR) is 77.2 cm³/mol. The lowest BCUT2D eigenvalue weighted by Gasteiger charge is -2.24. The van der Waals surface area contributed by atoms with Crippen LogP contribution in [0.2, 0.25) is 0 Å². The molecule has 0 spiro atoms. The Labute approximate surface area is 124 Å². The lowest BCUT2D eigenvalue weighted by molar-refractivity contribution is 0.167. The third kappa shape index (κ3) is 3.48. The minimum Gasteiger partial charge on any atom is -0.454 e.